The number of amides is 1. The maximum absolute atomic E-state index is 12.4. The van der Waals surface area contributed by atoms with Crippen molar-refractivity contribution in [3.8, 4) is 0 Å². The molecule has 1 atom stereocenters. The number of benzene rings is 2. The number of aromatic amines is 1. The summed E-state index contributed by atoms with van der Waals surface area (Å²) >= 11 is 0. The van der Waals surface area contributed by atoms with Gasteiger partial charge in [-0.05, 0) is 34.7 Å². The lowest BCUT2D eigenvalue weighted by Crippen LogP contribution is -2.31. The Balaban J connectivity index is 1.91. The number of rotatable bonds is 6. The smallest absolute Gasteiger partial charge is 0.220 e. The van der Waals surface area contributed by atoms with Gasteiger partial charge in [0.05, 0.1) is 0 Å². The van der Waals surface area contributed by atoms with E-state index in [4.69, 9.17) is 0 Å². The second kappa shape index (κ2) is 8.09. The molecule has 4 nitrogen and oxygen atoms in total. The SMILES string of the molecule is CN(C)c1ccc([C@H](CNC(=O)CC(C)(C)C)c2c[nH]c3ccccc23)cc1. The third kappa shape index (κ3) is 4.75. The minimum absolute atomic E-state index is 0.0201. The van der Waals surface area contributed by atoms with E-state index in [1.165, 1.54) is 16.5 Å². The average Bonchev–Trinajstić information content (AvgIpc) is 3.05. The van der Waals surface area contributed by atoms with Gasteiger partial charge in [0.25, 0.3) is 0 Å². The summed E-state index contributed by atoms with van der Waals surface area (Å²) in [5.41, 5.74) is 4.68. The highest BCUT2D eigenvalue weighted by Gasteiger charge is 2.21. The van der Waals surface area contributed by atoms with Gasteiger partial charge in [-0.3, -0.25) is 4.79 Å². The molecule has 3 aromatic rings. The number of nitrogens with one attached hydrogen (secondary N) is 2. The van der Waals surface area contributed by atoms with Crippen molar-refractivity contribution >= 4 is 22.5 Å². The monoisotopic (exact) mass is 377 g/mol. The van der Waals surface area contributed by atoms with Crippen molar-refractivity contribution < 1.29 is 4.79 Å². The van der Waals surface area contributed by atoms with Crippen LogP contribution in [0.25, 0.3) is 10.9 Å². The summed E-state index contributed by atoms with van der Waals surface area (Å²) in [6.45, 7) is 6.84. The topological polar surface area (TPSA) is 48.1 Å². The highest BCUT2D eigenvalue weighted by Crippen LogP contribution is 2.31. The van der Waals surface area contributed by atoms with Gasteiger partial charge in [-0.2, -0.15) is 0 Å². The lowest BCUT2D eigenvalue weighted by Gasteiger charge is -2.22. The number of fused-ring (bicyclic) bond motifs is 1. The molecule has 0 saturated carbocycles. The molecule has 0 bridgehead atoms. The van der Waals surface area contributed by atoms with Gasteiger partial charge in [-0.25, -0.2) is 0 Å². The van der Waals surface area contributed by atoms with Crippen molar-refractivity contribution in [2.75, 3.05) is 25.5 Å². The summed E-state index contributed by atoms with van der Waals surface area (Å²) < 4.78 is 0. The van der Waals surface area contributed by atoms with Crippen molar-refractivity contribution in [2.24, 2.45) is 5.41 Å². The molecule has 0 aliphatic heterocycles. The highest BCUT2D eigenvalue weighted by molar-refractivity contribution is 5.84. The number of carbonyl (C=O) groups excluding carboxylic acids is 1. The van der Waals surface area contributed by atoms with Gasteiger partial charge in [0.15, 0.2) is 0 Å². The molecule has 0 fully saturated rings. The number of nitrogens with zero attached hydrogens (tertiary/aromatic N) is 1. The van der Waals surface area contributed by atoms with Crippen molar-refractivity contribution in [2.45, 2.75) is 33.1 Å². The first-order chi connectivity index (χ1) is 13.2. The van der Waals surface area contributed by atoms with Gasteiger partial charge in [-0.15, -0.1) is 0 Å². The van der Waals surface area contributed by atoms with Gasteiger partial charge < -0.3 is 15.2 Å². The molecule has 148 valence electrons. The van der Waals surface area contributed by atoms with Crippen LogP contribution in [0.15, 0.2) is 54.7 Å². The zero-order chi connectivity index (χ0) is 20.3. The lowest BCUT2D eigenvalue weighted by atomic mass is 9.89. The fourth-order valence-electron chi connectivity index (χ4n) is 3.55. The van der Waals surface area contributed by atoms with E-state index in [1.807, 2.05) is 20.2 Å². The van der Waals surface area contributed by atoms with E-state index in [0.717, 1.165) is 11.2 Å². The molecule has 3 rings (SSSR count). The van der Waals surface area contributed by atoms with Crippen molar-refractivity contribution in [3.63, 3.8) is 0 Å². The number of aromatic nitrogens is 1. The van der Waals surface area contributed by atoms with Crippen LogP contribution in [0.4, 0.5) is 5.69 Å². The summed E-state index contributed by atoms with van der Waals surface area (Å²) in [7, 11) is 4.08. The van der Waals surface area contributed by atoms with Gasteiger partial charge in [0.2, 0.25) is 5.91 Å². The summed E-state index contributed by atoms with van der Waals surface area (Å²) in [6, 6.07) is 16.9. The molecule has 0 saturated heterocycles. The molecule has 2 N–H and O–H groups in total. The number of hydrogen-bond acceptors (Lipinski definition) is 2. The first-order valence-corrected chi connectivity index (χ1v) is 9.84. The standard InChI is InChI=1S/C24H31N3O/c1-24(2,3)14-23(28)26-15-20(17-10-12-18(13-11-17)27(4)5)21-16-25-22-9-7-6-8-19(21)22/h6-13,16,20,25H,14-15H2,1-5H3,(H,26,28)/t20-/m0/s1. The highest BCUT2D eigenvalue weighted by atomic mass is 16.1. The third-order valence-corrected chi connectivity index (χ3v) is 5.00. The maximum atomic E-state index is 12.4. The first kappa shape index (κ1) is 20.0. The fraction of sp³-hybridized carbons (Fsp3) is 0.375. The van der Waals surface area contributed by atoms with Gasteiger partial charge in [0, 0.05) is 55.8 Å². The fourth-order valence-corrected chi connectivity index (χ4v) is 3.55. The number of H-pyrrole nitrogens is 1. The molecule has 0 aliphatic rings. The van der Waals surface area contributed by atoms with Crippen molar-refractivity contribution in [1.29, 1.82) is 0 Å². The molecule has 4 heteroatoms. The maximum Gasteiger partial charge on any atom is 0.220 e. The van der Waals surface area contributed by atoms with Crippen LogP contribution in [0, 0.1) is 5.41 Å². The minimum atomic E-state index is -0.0201. The van der Waals surface area contributed by atoms with Crippen LogP contribution in [0.5, 0.6) is 0 Å². The second-order valence-corrected chi connectivity index (χ2v) is 8.87. The van der Waals surface area contributed by atoms with E-state index >= 15 is 0 Å². The predicted molar refractivity (Wildman–Crippen MR) is 118 cm³/mol. The quantitative estimate of drug-likeness (QED) is 0.641. The van der Waals surface area contributed by atoms with E-state index < -0.39 is 0 Å². The third-order valence-electron chi connectivity index (χ3n) is 5.00. The van der Waals surface area contributed by atoms with E-state index in [-0.39, 0.29) is 17.2 Å². The molecule has 1 heterocycles. The Hall–Kier alpha value is -2.75. The Morgan fingerprint density at radius 3 is 2.39 bits per heavy atom. The second-order valence-electron chi connectivity index (χ2n) is 8.87. The zero-order valence-corrected chi connectivity index (χ0v) is 17.5. The molecular formula is C24H31N3O. The van der Waals surface area contributed by atoms with E-state index in [0.29, 0.717) is 13.0 Å². The molecular weight excluding hydrogens is 346 g/mol. The summed E-state index contributed by atoms with van der Waals surface area (Å²) in [5, 5.41) is 4.37. The number of carbonyl (C=O) groups is 1. The van der Waals surface area contributed by atoms with Crippen LogP contribution in [-0.4, -0.2) is 31.5 Å². The van der Waals surface area contributed by atoms with Crippen LogP contribution in [0.3, 0.4) is 0 Å². The first-order valence-electron chi connectivity index (χ1n) is 9.84. The molecule has 0 aliphatic carbocycles. The van der Waals surface area contributed by atoms with Crippen molar-refractivity contribution in [3.05, 3.63) is 65.9 Å². The van der Waals surface area contributed by atoms with E-state index in [2.05, 4.69) is 84.6 Å². The van der Waals surface area contributed by atoms with Crippen LogP contribution in [-0.2, 0) is 4.79 Å². The molecule has 1 aromatic heterocycles. The minimum Gasteiger partial charge on any atom is -0.378 e. The number of hydrogen-bond donors (Lipinski definition) is 2. The van der Waals surface area contributed by atoms with Gasteiger partial charge in [0.1, 0.15) is 0 Å². The summed E-state index contributed by atoms with van der Waals surface area (Å²) in [6.07, 6.45) is 2.60. The Morgan fingerprint density at radius 2 is 1.75 bits per heavy atom. The Bertz CT molecular complexity index is 932. The number of para-hydroxylation sites is 1. The van der Waals surface area contributed by atoms with Crippen LogP contribution < -0.4 is 10.2 Å². The normalized spacial score (nSPS) is 12.8. The number of anilines is 1. The lowest BCUT2D eigenvalue weighted by molar-refractivity contribution is -0.122. The molecule has 28 heavy (non-hydrogen) atoms. The predicted octanol–water partition coefficient (Wildman–Crippen LogP) is 4.92. The molecule has 0 unspecified atom stereocenters. The largest absolute Gasteiger partial charge is 0.378 e. The summed E-state index contributed by atoms with van der Waals surface area (Å²) in [5.74, 6) is 0.193. The Morgan fingerprint density at radius 1 is 1.07 bits per heavy atom. The van der Waals surface area contributed by atoms with E-state index in [1.54, 1.807) is 0 Å². The average molecular weight is 378 g/mol. The van der Waals surface area contributed by atoms with Crippen LogP contribution in [0.2, 0.25) is 0 Å². The van der Waals surface area contributed by atoms with Gasteiger partial charge >= 0.3 is 0 Å². The molecule has 2 aromatic carbocycles. The molecule has 1 amide bonds. The van der Waals surface area contributed by atoms with Crippen LogP contribution in [0.1, 0.15) is 44.2 Å². The van der Waals surface area contributed by atoms with Crippen LogP contribution >= 0.6 is 0 Å². The zero-order valence-electron chi connectivity index (χ0n) is 17.5. The van der Waals surface area contributed by atoms with Crippen molar-refractivity contribution in [1.82, 2.24) is 10.3 Å². The van der Waals surface area contributed by atoms with E-state index in [9.17, 15) is 4.79 Å². The molecule has 0 spiro atoms. The Labute approximate surface area is 167 Å². The van der Waals surface area contributed by atoms with Gasteiger partial charge in [-0.1, -0.05) is 51.1 Å². The Kier molecular flexibility index (Phi) is 5.78. The molecule has 0 radical (unpaired) electrons. The summed E-state index contributed by atoms with van der Waals surface area (Å²) in [4.78, 5) is 17.9.